The minimum atomic E-state index is -2.54. The first-order valence-electron chi connectivity index (χ1n) is 3.55. The zero-order valence-corrected chi connectivity index (χ0v) is 9.30. The summed E-state index contributed by atoms with van der Waals surface area (Å²) in [5, 5.41) is 0. The Balaban J connectivity index is 3.32. The molecule has 0 radical (unpaired) electrons. The molecule has 1 rings (SSSR count). The molecule has 0 atom stereocenters. The van der Waals surface area contributed by atoms with Crippen LogP contribution in [0.5, 0.6) is 5.88 Å². The first kappa shape index (κ1) is 10.6. The van der Waals surface area contributed by atoms with Crippen molar-refractivity contribution in [2.75, 3.05) is 7.11 Å². The van der Waals surface area contributed by atoms with Gasteiger partial charge in [-0.3, -0.25) is 0 Å². The molecular weight excluding hydrogens is 291 g/mol. The van der Waals surface area contributed by atoms with Gasteiger partial charge in [0, 0.05) is 9.77 Å². The Morgan fingerprint density at radius 3 is 2.62 bits per heavy atom. The van der Waals surface area contributed by atoms with Crippen LogP contribution in [-0.4, -0.2) is 12.1 Å². The topological polar surface area (TPSA) is 22.1 Å². The molecule has 0 N–H and O–H groups in total. The third-order valence-electron chi connectivity index (χ3n) is 1.70. The summed E-state index contributed by atoms with van der Waals surface area (Å²) < 4.78 is 30.5. The minimum absolute atomic E-state index is 0.00733. The molecule has 0 aliphatic rings. The molecule has 0 saturated carbocycles. The lowest BCUT2D eigenvalue weighted by Crippen LogP contribution is -2.00. The van der Waals surface area contributed by atoms with Gasteiger partial charge in [0.25, 0.3) is 6.43 Å². The monoisotopic (exact) mass is 299 g/mol. The molecule has 0 aliphatic heterocycles. The Morgan fingerprint density at radius 1 is 1.54 bits per heavy atom. The van der Waals surface area contributed by atoms with Crippen LogP contribution in [0.2, 0.25) is 0 Å². The number of hydrogen-bond donors (Lipinski definition) is 0. The molecule has 0 aromatic carbocycles. The summed E-state index contributed by atoms with van der Waals surface area (Å²) in [7, 11) is 1.33. The molecule has 1 aromatic rings. The van der Waals surface area contributed by atoms with Crippen LogP contribution < -0.4 is 4.74 Å². The molecule has 0 unspecified atom stereocenters. The lowest BCUT2D eigenvalue weighted by molar-refractivity contribution is 0.145. The van der Waals surface area contributed by atoms with Gasteiger partial charge in [0.05, 0.1) is 12.7 Å². The standard InChI is InChI=1S/C8H8F2INO/c1-4-5(11)3-12-8(13-2)6(4)7(9)10/h3,7H,1-2H3. The van der Waals surface area contributed by atoms with Gasteiger partial charge in [-0.2, -0.15) is 0 Å². The number of rotatable bonds is 2. The van der Waals surface area contributed by atoms with E-state index in [1.807, 2.05) is 22.6 Å². The molecule has 0 bridgehead atoms. The van der Waals surface area contributed by atoms with E-state index in [4.69, 9.17) is 4.74 Å². The van der Waals surface area contributed by atoms with Crippen LogP contribution in [0.4, 0.5) is 8.78 Å². The molecular formula is C8H8F2INO. The van der Waals surface area contributed by atoms with E-state index in [0.717, 1.165) is 0 Å². The highest BCUT2D eigenvalue weighted by molar-refractivity contribution is 14.1. The SMILES string of the molecule is COc1ncc(I)c(C)c1C(F)F. The van der Waals surface area contributed by atoms with Crippen LogP contribution in [0.3, 0.4) is 0 Å². The number of aromatic nitrogens is 1. The summed E-state index contributed by atoms with van der Waals surface area (Å²) in [4.78, 5) is 3.77. The van der Waals surface area contributed by atoms with E-state index < -0.39 is 6.43 Å². The van der Waals surface area contributed by atoms with Crippen molar-refractivity contribution in [3.8, 4) is 5.88 Å². The summed E-state index contributed by atoms with van der Waals surface area (Å²) in [5.41, 5.74) is 0.414. The zero-order valence-electron chi connectivity index (χ0n) is 7.14. The third kappa shape index (κ3) is 2.07. The molecule has 0 amide bonds. The van der Waals surface area contributed by atoms with Crippen LogP contribution in [0.25, 0.3) is 0 Å². The Morgan fingerprint density at radius 2 is 2.15 bits per heavy atom. The van der Waals surface area contributed by atoms with Crippen molar-refractivity contribution in [3.05, 3.63) is 20.9 Å². The highest BCUT2D eigenvalue weighted by Gasteiger charge is 2.19. The fourth-order valence-electron chi connectivity index (χ4n) is 0.990. The van der Waals surface area contributed by atoms with Crippen LogP contribution in [0, 0.1) is 10.5 Å². The lowest BCUT2D eigenvalue weighted by atomic mass is 10.1. The molecule has 1 aromatic heterocycles. The number of methoxy groups -OCH3 is 1. The van der Waals surface area contributed by atoms with E-state index in [9.17, 15) is 8.78 Å². The average molecular weight is 299 g/mol. The van der Waals surface area contributed by atoms with Crippen molar-refractivity contribution >= 4 is 22.6 Å². The maximum atomic E-state index is 12.5. The Hall–Kier alpha value is -0.460. The van der Waals surface area contributed by atoms with Crippen molar-refractivity contribution in [1.29, 1.82) is 0 Å². The van der Waals surface area contributed by atoms with Crippen LogP contribution in [0.1, 0.15) is 17.6 Å². The van der Waals surface area contributed by atoms with Gasteiger partial charge in [-0.1, -0.05) is 0 Å². The summed E-state index contributed by atoms with van der Waals surface area (Å²) in [5.74, 6) is 0.00733. The second kappa shape index (κ2) is 4.17. The summed E-state index contributed by atoms with van der Waals surface area (Å²) in [6, 6.07) is 0. The maximum Gasteiger partial charge on any atom is 0.269 e. The van der Waals surface area contributed by atoms with Crippen LogP contribution in [0.15, 0.2) is 6.20 Å². The second-order valence-corrected chi connectivity index (χ2v) is 3.62. The van der Waals surface area contributed by atoms with E-state index in [0.29, 0.717) is 9.13 Å². The normalized spacial score (nSPS) is 10.6. The highest BCUT2D eigenvalue weighted by Crippen LogP contribution is 2.31. The Labute approximate surface area is 88.5 Å². The Bertz CT molecular complexity index is 317. The molecule has 72 valence electrons. The summed E-state index contributed by atoms with van der Waals surface area (Å²) in [6.07, 6.45) is -1.03. The molecule has 5 heteroatoms. The predicted octanol–water partition coefficient (Wildman–Crippen LogP) is 2.94. The third-order valence-corrected chi connectivity index (χ3v) is 2.79. The van der Waals surface area contributed by atoms with Crippen LogP contribution in [-0.2, 0) is 0 Å². The largest absolute Gasteiger partial charge is 0.481 e. The first-order valence-corrected chi connectivity index (χ1v) is 4.63. The quantitative estimate of drug-likeness (QED) is 0.783. The molecule has 0 saturated heterocycles. The second-order valence-electron chi connectivity index (χ2n) is 2.45. The molecule has 0 spiro atoms. The van der Waals surface area contributed by atoms with Crippen molar-refractivity contribution in [2.24, 2.45) is 0 Å². The van der Waals surface area contributed by atoms with Crippen molar-refractivity contribution < 1.29 is 13.5 Å². The molecule has 0 aliphatic carbocycles. The number of pyridine rings is 1. The molecule has 0 fully saturated rings. The van der Waals surface area contributed by atoms with Gasteiger partial charge < -0.3 is 4.74 Å². The maximum absolute atomic E-state index is 12.5. The van der Waals surface area contributed by atoms with Gasteiger partial charge in [-0.25, -0.2) is 13.8 Å². The van der Waals surface area contributed by atoms with E-state index in [-0.39, 0.29) is 11.4 Å². The van der Waals surface area contributed by atoms with Gasteiger partial charge in [0.2, 0.25) is 5.88 Å². The fourth-order valence-corrected chi connectivity index (χ4v) is 1.42. The number of hydrogen-bond acceptors (Lipinski definition) is 2. The Kier molecular flexibility index (Phi) is 3.40. The summed E-state index contributed by atoms with van der Waals surface area (Å²) in [6.45, 7) is 1.63. The van der Waals surface area contributed by atoms with E-state index >= 15 is 0 Å². The lowest BCUT2D eigenvalue weighted by Gasteiger charge is -2.10. The number of alkyl halides is 2. The van der Waals surface area contributed by atoms with E-state index in [2.05, 4.69) is 4.98 Å². The van der Waals surface area contributed by atoms with Crippen molar-refractivity contribution in [3.63, 3.8) is 0 Å². The fraction of sp³-hybridized carbons (Fsp3) is 0.375. The highest BCUT2D eigenvalue weighted by atomic mass is 127. The van der Waals surface area contributed by atoms with Crippen molar-refractivity contribution in [2.45, 2.75) is 13.3 Å². The van der Waals surface area contributed by atoms with Gasteiger partial charge in [-0.15, -0.1) is 0 Å². The predicted molar refractivity (Wildman–Crippen MR) is 53.2 cm³/mol. The first-order chi connectivity index (χ1) is 6.07. The smallest absolute Gasteiger partial charge is 0.269 e. The number of halogens is 3. The molecule has 2 nitrogen and oxygen atoms in total. The van der Waals surface area contributed by atoms with Gasteiger partial charge >= 0.3 is 0 Å². The van der Waals surface area contributed by atoms with E-state index in [1.165, 1.54) is 13.3 Å². The molecule has 1 heterocycles. The van der Waals surface area contributed by atoms with Gasteiger partial charge in [0.1, 0.15) is 0 Å². The summed E-state index contributed by atoms with van der Waals surface area (Å²) >= 11 is 1.96. The number of ether oxygens (including phenoxy) is 1. The zero-order chi connectivity index (χ0) is 10.0. The van der Waals surface area contributed by atoms with Crippen LogP contribution >= 0.6 is 22.6 Å². The van der Waals surface area contributed by atoms with Gasteiger partial charge in [0.15, 0.2) is 0 Å². The molecule has 13 heavy (non-hydrogen) atoms. The van der Waals surface area contributed by atoms with E-state index in [1.54, 1.807) is 6.92 Å². The average Bonchev–Trinajstić information content (AvgIpc) is 2.08. The van der Waals surface area contributed by atoms with Crippen molar-refractivity contribution in [1.82, 2.24) is 4.98 Å². The number of nitrogens with zero attached hydrogens (tertiary/aromatic N) is 1. The van der Waals surface area contributed by atoms with Gasteiger partial charge in [-0.05, 0) is 35.1 Å². The minimum Gasteiger partial charge on any atom is -0.481 e.